The molecular formula is C18H28N4O3S. The van der Waals surface area contributed by atoms with Gasteiger partial charge in [-0.25, -0.2) is 8.42 Å². The van der Waals surface area contributed by atoms with Crippen LogP contribution in [-0.2, 0) is 14.8 Å². The van der Waals surface area contributed by atoms with Gasteiger partial charge in [-0.1, -0.05) is 13.0 Å². The topological polar surface area (TPSA) is 81.8 Å². The highest BCUT2D eigenvalue weighted by molar-refractivity contribution is 7.89. The Labute approximate surface area is 155 Å². The van der Waals surface area contributed by atoms with E-state index in [4.69, 9.17) is 0 Å². The Morgan fingerprint density at radius 2 is 2.04 bits per heavy atom. The lowest BCUT2D eigenvalue weighted by molar-refractivity contribution is -0.120. The molecule has 1 amide bonds. The molecule has 2 aliphatic rings. The average Bonchev–Trinajstić information content (AvgIpc) is 2.69. The Morgan fingerprint density at radius 3 is 2.69 bits per heavy atom. The van der Waals surface area contributed by atoms with E-state index in [0.717, 1.165) is 39.0 Å². The Hall–Kier alpha value is -1.48. The first-order valence-electron chi connectivity index (χ1n) is 9.35. The van der Waals surface area contributed by atoms with E-state index in [1.165, 1.54) is 4.31 Å². The fourth-order valence-corrected chi connectivity index (χ4v) is 4.96. The van der Waals surface area contributed by atoms with Gasteiger partial charge in [0.1, 0.15) is 0 Å². The number of piperidine rings is 1. The molecule has 3 rings (SSSR count). The lowest BCUT2D eigenvalue weighted by Gasteiger charge is -2.33. The van der Waals surface area contributed by atoms with Crippen molar-refractivity contribution >= 4 is 21.6 Å². The molecule has 0 radical (unpaired) electrons. The average molecular weight is 381 g/mol. The number of anilines is 1. The van der Waals surface area contributed by atoms with Crippen LogP contribution in [0.1, 0.15) is 19.8 Å². The number of carbonyl (C=O) groups is 1. The quantitative estimate of drug-likeness (QED) is 0.795. The maximum Gasteiger partial charge on any atom is 0.243 e. The molecule has 2 saturated heterocycles. The minimum Gasteiger partial charge on any atom is -0.326 e. The number of carbonyl (C=O) groups excluding carboxylic acids is 1. The number of nitrogens with one attached hydrogen (secondary N) is 2. The van der Waals surface area contributed by atoms with Crippen molar-refractivity contribution in [2.45, 2.75) is 24.7 Å². The first kappa shape index (κ1) is 19.3. The van der Waals surface area contributed by atoms with Gasteiger partial charge in [0, 0.05) is 38.4 Å². The monoisotopic (exact) mass is 380 g/mol. The number of sulfonamides is 1. The van der Waals surface area contributed by atoms with Gasteiger partial charge in [-0.2, -0.15) is 4.31 Å². The molecule has 8 heteroatoms. The zero-order valence-corrected chi connectivity index (χ0v) is 16.1. The second-order valence-electron chi connectivity index (χ2n) is 6.90. The zero-order chi connectivity index (χ0) is 18.6. The van der Waals surface area contributed by atoms with Crippen molar-refractivity contribution in [1.82, 2.24) is 14.5 Å². The highest BCUT2D eigenvalue weighted by Crippen LogP contribution is 2.22. The fourth-order valence-electron chi connectivity index (χ4n) is 3.49. The van der Waals surface area contributed by atoms with Crippen LogP contribution in [0, 0.1) is 5.92 Å². The van der Waals surface area contributed by atoms with Crippen molar-refractivity contribution in [3.8, 4) is 0 Å². The molecule has 2 heterocycles. The maximum atomic E-state index is 12.9. The third-order valence-electron chi connectivity index (χ3n) is 5.19. The van der Waals surface area contributed by atoms with E-state index in [1.54, 1.807) is 24.3 Å². The second-order valence-corrected chi connectivity index (χ2v) is 8.84. The third kappa shape index (κ3) is 4.43. The number of hydrogen-bond acceptors (Lipinski definition) is 5. The number of hydrogen-bond donors (Lipinski definition) is 2. The highest BCUT2D eigenvalue weighted by Gasteiger charge is 2.28. The number of piperazine rings is 1. The summed E-state index contributed by atoms with van der Waals surface area (Å²) in [5.41, 5.74) is 0.536. The van der Waals surface area contributed by atoms with Gasteiger partial charge in [-0.05, 0) is 44.1 Å². The van der Waals surface area contributed by atoms with Crippen LogP contribution in [0.15, 0.2) is 29.2 Å². The number of rotatable bonds is 5. The minimum atomic E-state index is -3.53. The van der Waals surface area contributed by atoms with Crippen LogP contribution < -0.4 is 10.6 Å². The summed E-state index contributed by atoms with van der Waals surface area (Å²) >= 11 is 0. The van der Waals surface area contributed by atoms with Crippen molar-refractivity contribution < 1.29 is 13.2 Å². The third-order valence-corrected chi connectivity index (χ3v) is 7.08. The molecule has 2 fully saturated rings. The van der Waals surface area contributed by atoms with Gasteiger partial charge in [-0.15, -0.1) is 0 Å². The Morgan fingerprint density at radius 1 is 1.27 bits per heavy atom. The van der Waals surface area contributed by atoms with Crippen LogP contribution in [0.2, 0.25) is 0 Å². The van der Waals surface area contributed by atoms with Gasteiger partial charge in [0.25, 0.3) is 0 Å². The Bertz CT molecular complexity index is 724. The number of amides is 1. The molecule has 1 unspecified atom stereocenters. The molecule has 0 aliphatic carbocycles. The predicted octanol–water partition coefficient (Wildman–Crippen LogP) is 0.951. The van der Waals surface area contributed by atoms with E-state index in [0.29, 0.717) is 25.3 Å². The summed E-state index contributed by atoms with van der Waals surface area (Å²) < 4.78 is 27.3. The summed E-state index contributed by atoms with van der Waals surface area (Å²) in [5.74, 6) is -0.116. The first-order chi connectivity index (χ1) is 12.5. The summed E-state index contributed by atoms with van der Waals surface area (Å²) in [6, 6.07) is 6.58. The normalized spacial score (nSPS) is 22.9. The molecular weight excluding hydrogens is 352 g/mol. The molecule has 2 N–H and O–H groups in total. The van der Waals surface area contributed by atoms with E-state index in [2.05, 4.69) is 22.5 Å². The van der Waals surface area contributed by atoms with Gasteiger partial charge in [0.05, 0.1) is 10.8 Å². The number of nitrogens with zero attached hydrogens (tertiary/aromatic N) is 2. The summed E-state index contributed by atoms with van der Waals surface area (Å²) in [5, 5.41) is 6.09. The molecule has 2 aliphatic heterocycles. The molecule has 7 nitrogen and oxygen atoms in total. The van der Waals surface area contributed by atoms with Gasteiger partial charge in [0.2, 0.25) is 15.9 Å². The van der Waals surface area contributed by atoms with E-state index in [-0.39, 0.29) is 16.7 Å². The second kappa shape index (κ2) is 8.47. The van der Waals surface area contributed by atoms with E-state index in [9.17, 15) is 13.2 Å². The summed E-state index contributed by atoms with van der Waals surface area (Å²) in [6.45, 7) is 7.14. The van der Waals surface area contributed by atoms with Crippen molar-refractivity contribution in [2.24, 2.45) is 5.92 Å². The molecule has 1 aromatic carbocycles. The maximum absolute atomic E-state index is 12.9. The van der Waals surface area contributed by atoms with Crippen LogP contribution in [0.3, 0.4) is 0 Å². The molecule has 144 valence electrons. The summed E-state index contributed by atoms with van der Waals surface area (Å²) in [6.07, 6.45) is 1.84. The summed E-state index contributed by atoms with van der Waals surface area (Å²) in [7, 11) is -3.53. The van der Waals surface area contributed by atoms with E-state index in [1.807, 2.05) is 0 Å². The predicted molar refractivity (Wildman–Crippen MR) is 102 cm³/mol. The Kier molecular flexibility index (Phi) is 6.29. The molecule has 1 atom stereocenters. The van der Waals surface area contributed by atoms with Crippen LogP contribution in [0.5, 0.6) is 0 Å². The zero-order valence-electron chi connectivity index (χ0n) is 15.3. The van der Waals surface area contributed by atoms with Crippen molar-refractivity contribution in [3.05, 3.63) is 24.3 Å². The molecule has 0 bridgehead atoms. The van der Waals surface area contributed by atoms with Gasteiger partial charge < -0.3 is 15.5 Å². The van der Waals surface area contributed by atoms with Crippen LogP contribution >= 0.6 is 0 Å². The van der Waals surface area contributed by atoms with Gasteiger partial charge in [-0.3, -0.25) is 4.79 Å². The smallest absolute Gasteiger partial charge is 0.243 e. The van der Waals surface area contributed by atoms with E-state index < -0.39 is 10.0 Å². The lowest BCUT2D eigenvalue weighted by Crippen LogP contribution is -2.48. The molecule has 0 saturated carbocycles. The summed E-state index contributed by atoms with van der Waals surface area (Å²) in [4.78, 5) is 14.9. The van der Waals surface area contributed by atoms with Crippen LogP contribution in [0.25, 0.3) is 0 Å². The van der Waals surface area contributed by atoms with Gasteiger partial charge >= 0.3 is 0 Å². The molecule has 26 heavy (non-hydrogen) atoms. The Balaban J connectivity index is 1.69. The molecule has 1 aromatic rings. The number of likely N-dealkylation sites (N-methyl/N-ethyl adjacent to an activating group) is 1. The largest absolute Gasteiger partial charge is 0.326 e. The first-order valence-corrected chi connectivity index (χ1v) is 10.8. The van der Waals surface area contributed by atoms with Crippen molar-refractivity contribution in [2.75, 3.05) is 51.1 Å². The lowest BCUT2D eigenvalue weighted by atomic mass is 9.99. The van der Waals surface area contributed by atoms with Crippen molar-refractivity contribution in [3.63, 3.8) is 0 Å². The van der Waals surface area contributed by atoms with E-state index >= 15 is 0 Å². The van der Waals surface area contributed by atoms with Crippen molar-refractivity contribution in [1.29, 1.82) is 0 Å². The van der Waals surface area contributed by atoms with Crippen LogP contribution in [-0.4, -0.2) is 69.3 Å². The van der Waals surface area contributed by atoms with Crippen LogP contribution in [0.4, 0.5) is 5.69 Å². The fraction of sp³-hybridized carbons (Fsp3) is 0.611. The standard InChI is InChI=1S/C18H28N4O3S/c1-2-21-9-11-22(12-10-21)26(24,25)17-7-3-6-16(13-17)20-18(23)15-5-4-8-19-14-15/h3,6-7,13,15,19H,2,4-5,8-12,14H2,1H3,(H,20,23). The SMILES string of the molecule is CCN1CCN(S(=O)(=O)c2cccc(NC(=O)C3CCCNC3)c2)CC1. The molecule has 0 aromatic heterocycles. The molecule has 0 spiro atoms. The van der Waals surface area contributed by atoms with Gasteiger partial charge in [0.15, 0.2) is 0 Å². The minimum absolute atomic E-state index is 0.0525. The highest BCUT2D eigenvalue weighted by atomic mass is 32.2. The number of benzene rings is 1.